The maximum atomic E-state index is 13.1. The monoisotopic (exact) mass is 816 g/mol. The summed E-state index contributed by atoms with van der Waals surface area (Å²) in [6, 6.07) is 32.3. The van der Waals surface area contributed by atoms with Crippen LogP contribution in [0.25, 0.3) is 0 Å². The van der Waals surface area contributed by atoms with Gasteiger partial charge in [0, 0.05) is 26.2 Å². The average molecular weight is 816 g/mol. The third-order valence-electron chi connectivity index (χ3n) is 10.4. The van der Waals surface area contributed by atoms with E-state index in [0.29, 0.717) is 0 Å². The van der Waals surface area contributed by atoms with E-state index in [1.165, 1.54) is 93.0 Å². The number of benzene rings is 3. The minimum atomic E-state index is -1.91. The summed E-state index contributed by atoms with van der Waals surface area (Å²) in [5.41, 5.74) is 4.51. The fourth-order valence-corrected chi connectivity index (χ4v) is 9.27. The number of carboxylic acids is 1. The summed E-state index contributed by atoms with van der Waals surface area (Å²) in [7, 11) is -0.446. The normalized spacial score (nSPS) is 10.9. The lowest BCUT2D eigenvalue weighted by atomic mass is 9.79. The summed E-state index contributed by atoms with van der Waals surface area (Å²) < 4.78 is 0. The highest BCUT2D eigenvalue weighted by Crippen LogP contribution is 2.32. The highest BCUT2D eigenvalue weighted by molar-refractivity contribution is 7.79. The van der Waals surface area contributed by atoms with Crippen molar-refractivity contribution in [1.82, 2.24) is 0 Å². The molecule has 0 aliphatic carbocycles. The van der Waals surface area contributed by atoms with Gasteiger partial charge in [0.1, 0.15) is 0 Å². The molecule has 0 saturated carbocycles. The third-order valence-corrected chi connectivity index (χ3v) is 12.8. The van der Waals surface area contributed by atoms with Gasteiger partial charge < -0.3 is 10.8 Å². The topological polar surface area (TPSA) is 115 Å². The molecule has 0 unspecified atom stereocenters. The van der Waals surface area contributed by atoms with Crippen molar-refractivity contribution >= 4 is 47.2 Å². The number of carbonyl (C=O) groups excluding carboxylic acids is 3. The molecule has 0 spiro atoms. The fraction of sp³-hybridized carbons (Fsp3) is 0.569. The van der Waals surface area contributed by atoms with Gasteiger partial charge in [-0.15, -0.1) is 0 Å². The maximum Gasteiger partial charge on any atom is 0.300 e. The van der Waals surface area contributed by atoms with Crippen LogP contribution in [-0.4, -0.2) is 34.0 Å². The smallest absolute Gasteiger partial charge is 0.300 e. The summed E-state index contributed by atoms with van der Waals surface area (Å²) in [6.07, 6.45) is 23.8. The van der Waals surface area contributed by atoms with Gasteiger partial charge in [-0.1, -0.05) is 227 Å². The van der Waals surface area contributed by atoms with Crippen molar-refractivity contribution in [1.29, 1.82) is 0 Å². The largest absolute Gasteiger partial charge is 0.481 e. The van der Waals surface area contributed by atoms with Crippen molar-refractivity contribution in [3.8, 4) is 0 Å². The summed E-state index contributed by atoms with van der Waals surface area (Å²) in [5, 5.41) is 11.6. The molecule has 58 heavy (non-hydrogen) atoms. The first-order chi connectivity index (χ1) is 28.1. The van der Waals surface area contributed by atoms with Gasteiger partial charge in [-0.3, -0.25) is 19.2 Å². The Labute approximate surface area is 354 Å². The van der Waals surface area contributed by atoms with Crippen LogP contribution in [0.1, 0.15) is 182 Å². The van der Waals surface area contributed by atoms with Gasteiger partial charge in [0.05, 0.1) is 0 Å². The maximum absolute atomic E-state index is 13.1. The number of ketones is 3. The molecule has 6 nitrogen and oxygen atoms in total. The molecular formula is C51H78NO5P. The molecule has 7 heteroatoms. The molecule has 322 valence electrons. The predicted molar refractivity (Wildman–Crippen MR) is 248 cm³/mol. The van der Waals surface area contributed by atoms with Crippen LogP contribution in [0.15, 0.2) is 91.0 Å². The summed E-state index contributed by atoms with van der Waals surface area (Å²) in [4.78, 5) is 48.4. The van der Waals surface area contributed by atoms with Crippen molar-refractivity contribution in [2.45, 2.75) is 187 Å². The van der Waals surface area contributed by atoms with E-state index in [1.54, 1.807) is 0 Å². The summed E-state index contributed by atoms with van der Waals surface area (Å²) >= 11 is 0. The second-order valence-electron chi connectivity index (χ2n) is 15.6. The van der Waals surface area contributed by atoms with Crippen LogP contribution in [0, 0.1) is 0 Å². The van der Waals surface area contributed by atoms with Crippen LogP contribution in [0.3, 0.4) is 0 Å². The zero-order valence-corrected chi connectivity index (χ0v) is 37.6. The molecule has 0 amide bonds. The van der Waals surface area contributed by atoms with Crippen molar-refractivity contribution in [3.05, 3.63) is 91.0 Å². The Kier molecular flexibility index (Phi) is 31.2. The number of unbranched alkanes of at least 4 members (excludes halogenated alkanes) is 18. The van der Waals surface area contributed by atoms with Crippen molar-refractivity contribution in [3.63, 3.8) is 0 Å². The molecule has 0 bridgehead atoms. The molecule has 0 fully saturated rings. The molecule has 3 aromatic rings. The molecule has 0 radical (unpaired) electrons. The standard InChI is InChI=1S/C31H59NO3.C18H15P.C2H4O2/c1-4-7-10-13-16-19-22-25-28(33)31(32,29(34)26-23-20-17-14-11-8-5-2)30(35)27-24-21-18-15-12-9-6-3;1-4-10-16(11-5-1)19(17-12-6-2-7-13-17)18-14-8-3-9-15-18;1-2(3)4/h4-27,32H2,1-3H3;1-15H;1H3,(H,3,4). The SMILES string of the molecule is CC(=O)O.CCCCCCCCCC(=O)C(N)(C(=O)CCCCCCCCC)C(=O)CCCCCCCCC.c1ccc(P(c2ccccc2)c2ccccc2)cc1. The lowest BCUT2D eigenvalue weighted by molar-refractivity contribution is -0.142. The zero-order valence-electron chi connectivity index (χ0n) is 36.7. The molecule has 0 aromatic heterocycles. The Morgan fingerprint density at radius 1 is 0.431 bits per heavy atom. The minimum absolute atomic E-state index is 0.246. The van der Waals surface area contributed by atoms with Gasteiger partial charge in [-0.25, -0.2) is 0 Å². The predicted octanol–water partition coefficient (Wildman–Crippen LogP) is 12.3. The second kappa shape index (κ2) is 34.4. The van der Waals surface area contributed by atoms with Gasteiger partial charge in [-0.05, 0) is 43.1 Å². The number of hydrogen-bond acceptors (Lipinski definition) is 5. The lowest BCUT2D eigenvalue weighted by Gasteiger charge is -2.25. The quantitative estimate of drug-likeness (QED) is 0.0393. The van der Waals surface area contributed by atoms with E-state index >= 15 is 0 Å². The number of hydrogen-bond donors (Lipinski definition) is 2. The minimum Gasteiger partial charge on any atom is -0.481 e. The number of carbonyl (C=O) groups is 4. The molecular weight excluding hydrogens is 738 g/mol. The van der Waals surface area contributed by atoms with E-state index in [-0.39, 0.29) is 36.6 Å². The van der Waals surface area contributed by atoms with E-state index in [4.69, 9.17) is 15.6 Å². The Balaban J connectivity index is 0.000000601. The molecule has 3 rings (SSSR count). The lowest BCUT2D eigenvalue weighted by Crippen LogP contribution is -2.61. The average Bonchev–Trinajstić information content (AvgIpc) is 3.23. The van der Waals surface area contributed by atoms with Crippen LogP contribution in [0.5, 0.6) is 0 Å². The highest BCUT2D eigenvalue weighted by Gasteiger charge is 2.46. The van der Waals surface area contributed by atoms with E-state index < -0.39 is 19.4 Å². The Bertz CT molecular complexity index is 1310. The van der Waals surface area contributed by atoms with Crippen molar-refractivity contribution in [2.24, 2.45) is 5.73 Å². The Morgan fingerprint density at radius 3 is 0.862 bits per heavy atom. The van der Waals surface area contributed by atoms with E-state index in [0.717, 1.165) is 64.7 Å². The molecule has 0 atom stereocenters. The summed E-state index contributed by atoms with van der Waals surface area (Å²) in [6.45, 7) is 7.69. The van der Waals surface area contributed by atoms with Gasteiger partial charge in [-0.2, -0.15) is 0 Å². The van der Waals surface area contributed by atoms with Gasteiger partial charge >= 0.3 is 0 Å². The molecule has 3 aromatic carbocycles. The number of Topliss-reactive ketones (excluding diaryl/α,β-unsaturated/α-hetero) is 3. The Morgan fingerprint density at radius 2 is 0.638 bits per heavy atom. The van der Waals surface area contributed by atoms with E-state index in [9.17, 15) is 14.4 Å². The molecule has 3 N–H and O–H groups in total. The molecule has 0 aliphatic heterocycles. The first kappa shape index (κ1) is 52.5. The fourth-order valence-electron chi connectivity index (χ4n) is 6.96. The molecule has 0 aliphatic rings. The molecule has 0 heterocycles. The van der Waals surface area contributed by atoms with Gasteiger partial charge in [0.2, 0.25) is 0 Å². The summed E-state index contributed by atoms with van der Waals surface area (Å²) in [5.74, 6) is -1.86. The number of nitrogens with two attached hydrogens (primary N) is 1. The number of rotatable bonds is 30. The van der Waals surface area contributed by atoms with Crippen LogP contribution < -0.4 is 21.6 Å². The van der Waals surface area contributed by atoms with Crippen molar-refractivity contribution in [2.75, 3.05) is 0 Å². The third kappa shape index (κ3) is 23.2. The Hall–Kier alpha value is -3.47. The zero-order chi connectivity index (χ0) is 42.7. The van der Waals surface area contributed by atoms with Crippen LogP contribution >= 0.6 is 7.92 Å². The molecule has 0 saturated heterocycles. The van der Waals surface area contributed by atoms with Crippen LogP contribution in [-0.2, 0) is 19.2 Å². The van der Waals surface area contributed by atoms with Gasteiger partial charge in [0.25, 0.3) is 5.97 Å². The van der Waals surface area contributed by atoms with Crippen molar-refractivity contribution < 1.29 is 24.3 Å². The first-order valence-electron chi connectivity index (χ1n) is 22.7. The van der Waals surface area contributed by atoms with Gasteiger partial charge in [0.15, 0.2) is 22.9 Å². The first-order valence-corrected chi connectivity index (χ1v) is 24.0. The van der Waals surface area contributed by atoms with Crippen LogP contribution in [0.4, 0.5) is 0 Å². The second-order valence-corrected chi connectivity index (χ2v) is 17.8. The highest BCUT2D eigenvalue weighted by atomic mass is 31.1. The number of carboxylic acid groups (broad SMARTS) is 1. The van der Waals surface area contributed by atoms with E-state index in [1.807, 2.05) is 0 Å². The number of aliphatic carboxylic acids is 1. The van der Waals surface area contributed by atoms with Crippen LogP contribution in [0.2, 0.25) is 0 Å². The van der Waals surface area contributed by atoms with E-state index in [2.05, 4.69) is 112 Å².